The molecule has 3 fully saturated rings. The molecule has 5 rings (SSSR count). The second-order valence-corrected chi connectivity index (χ2v) is 12.2. The van der Waals surface area contributed by atoms with Crippen molar-refractivity contribution in [3.05, 3.63) is 53.1 Å². The molecule has 3 aliphatic rings. The van der Waals surface area contributed by atoms with Crippen molar-refractivity contribution in [3.63, 3.8) is 0 Å². The molecule has 0 bridgehead atoms. The molecule has 0 saturated carbocycles. The second kappa shape index (κ2) is 13.7. The minimum Gasteiger partial charge on any atom is -0.475 e. The molecule has 14 heteroatoms. The molecule has 0 atom stereocenters. The lowest BCUT2D eigenvalue weighted by Gasteiger charge is -2.37. The van der Waals surface area contributed by atoms with E-state index in [1.54, 1.807) is 18.2 Å². The Morgan fingerprint density at radius 3 is 2.14 bits per heavy atom. The van der Waals surface area contributed by atoms with Crippen LogP contribution in [0.2, 0.25) is 5.02 Å². The van der Waals surface area contributed by atoms with Crippen molar-refractivity contribution in [2.75, 3.05) is 60.5 Å². The van der Waals surface area contributed by atoms with Crippen LogP contribution in [0.25, 0.3) is 0 Å². The zero-order chi connectivity index (χ0) is 32.2. The van der Waals surface area contributed by atoms with Gasteiger partial charge in [-0.05, 0) is 87.3 Å². The van der Waals surface area contributed by atoms with Gasteiger partial charge in [0.25, 0.3) is 5.91 Å². The molecular weight excluding hydrogens is 617 g/mol. The van der Waals surface area contributed by atoms with Crippen LogP contribution in [0.15, 0.2) is 42.5 Å². The minimum atomic E-state index is -5.08. The standard InChI is InChI=1S/C28H33ClN6OS.C2HF3O2/c1-28(2)26(36)34(24-4-3-21(18-30)25(29)17-24)27(37)35(28)23-7-5-22(6-8-23)33-13-9-20(10-14-33)19-32-15-11-31-12-16-32;3-2(4,5)1(6)7/h3-8,17,20,31H,9-16,19H2,1-2H3;(H,6,7). The van der Waals surface area contributed by atoms with Gasteiger partial charge in [0.15, 0.2) is 5.11 Å². The van der Waals surface area contributed by atoms with Gasteiger partial charge in [0.1, 0.15) is 11.6 Å². The fourth-order valence-corrected chi connectivity index (χ4v) is 6.37. The summed E-state index contributed by atoms with van der Waals surface area (Å²) < 4.78 is 31.7. The average molecular weight is 651 g/mol. The zero-order valence-electron chi connectivity index (χ0n) is 24.4. The highest BCUT2D eigenvalue weighted by atomic mass is 35.5. The number of piperazine rings is 1. The highest BCUT2D eigenvalue weighted by Gasteiger charge is 2.50. The Kier molecular flexibility index (Phi) is 10.4. The number of carboxylic acid groups (broad SMARTS) is 1. The first kappa shape index (κ1) is 33.5. The summed E-state index contributed by atoms with van der Waals surface area (Å²) in [6, 6.07) is 15.4. The number of halogens is 4. The van der Waals surface area contributed by atoms with Crippen LogP contribution in [0.1, 0.15) is 32.3 Å². The van der Waals surface area contributed by atoms with E-state index in [2.05, 4.69) is 45.5 Å². The molecule has 3 aliphatic heterocycles. The van der Waals surface area contributed by atoms with Crippen LogP contribution >= 0.6 is 23.8 Å². The molecule has 0 aromatic heterocycles. The topological polar surface area (TPSA) is 103 Å². The molecule has 0 radical (unpaired) electrons. The Balaban J connectivity index is 0.000000566. The SMILES string of the molecule is CC1(C)C(=O)N(c2ccc(C#N)c(Cl)c2)C(=S)N1c1ccc(N2CCC(CN3CCNCC3)CC2)cc1.O=C(O)C(F)(F)F. The van der Waals surface area contributed by atoms with Crippen LogP contribution in [0.5, 0.6) is 0 Å². The highest BCUT2D eigenvalue weighted by molar-refractivity contribution is 7.81. The van der Waals surface area contributed by atoms with Crippen LogP contribution in [0, 0.1) is 17.2 Å². The van der Waals surface area contributed by atoms with Gasteiger partial charge in [-0.2, -0.15) is 18.4 Å². The van der Waals surface area contributed by atoms with Crippen molar-refractivity contribution in [2.24, 2.45) is 5.92 Å². The largest absolute Gasteiger partial charge is 0.490 e. The number of anilines is 3. The molecule has 3 heterocycles. The third-order valence-electron chi connectivity index (χ3n) is 8.06. The maximum absolute atomic E-state index is 13.4. The zero-order valence-corrected chi connectivity index (χ0v) is 26.0. The lowest BCUT2D eigenvalue weighted by molar-refractivity contribution is -0.192. The number of thiocarbonyl (C=S) groups is 1. The number of carbonyl (C=O) groups is 2. The lowest BCUT2D eigenvalue weighted by Crippen LogP contribution is -2.47. The molecule has 0 unspecified atom stereocenters. The monoisotopic (exact) mass is 650 g/mol. The minimum absolute atomic E-state index is 0.131. The highest BCUT2D eigenvalue weighted by Crippen LogP contribution is 2.38. The Morgan fingerprint density at radius 2 is 1.61 bits per heavy atom. The van der Waals surface area contributed by atoms with Gasteiger partial charge >= 0.3 is 12.1 Å². The smallest absolute Gasteiger partial charge is 0.475 e. The predicted octanol–water partition coefficient (Wildman–Crippen LogP) is 4.88. The van der Waals surface area contributed by atoms with E-state index in [-0.39, 0.29) is 5.91 Å². The predicted molar refractivity (Wildman–Crippen MR) is 167 cm³/mol. The number of rotatable bonds is 5. The van der Waals surface area contributed by atoms with E-state index in [9.17, 15) is 23.2 Å². The van der Waals surface area contributed by atoms with Gasteiger partial charge < -0.3 is 25.1 Å². The van der Waals surface area contributed by atoms with E-state index in [0.29, 0.717) is 21.4 Å². The summed E-state index contributed by atoms with van der Waals surface area (Å²) in [4.78, 5) is 30.8. The molecule has 9 nitrogen and oxygen atoms in total. The summed E-state index contributed by atoms with van der Waals surface area (Å²) in [6.45, 7) is 11.6. The molecule has 0 aliphatic carbocycles. The molecule has 1 amide bonds. The van der Waals surface area contributed by atoms with Gasteiger partial charge in [0, 0.05) is 57.2 Å². The van der Waals surface area contributed by atoms with Crippen LogP contribution in [-0.4, -0.2) is 84.5 Å². The molecular formula is C30H34ClF3N6O3S. The number of nitrogens with zero attached hydrogens (tertiary/aromatic N) is 5. The number of carbonyl (C=O) groups excluding carboxylic acids is 1. The lowest BCUT2D eigenvalue weighted by atomic mass is 9.95. The van der Waals surface area contributed by atoms with E-state index >= 15 is 0 Å². The molecule has 3 saturated heterocycles. The van der Waals surface area contributed by atoms with E-state index in [1.807, 2.05) is 18.7 Å². The maximum Gasteiger partial charge on any atom is 0.490 e. The first-order valence-electron chi connectivity index (χ1n) is 14.2. The van der Waals surface area contributed by atoms with Crippen molar-refractivity contribution in [1.29, 1.82) is 5.26 Å². The van der Waals surface area contributed by atoms with Gasteiger partial charge in [0.2, 0.25) is 0 Å². The summed E-state index contributed by atoms with van der Waals surface area (Å²) in [6.07, 6.45) is -2.66. The van der Waals surface area contributed by atoms with Crippen LogP contribution in [-0.2, 0) is 9.59 Å². The number of nitriles is 1. The van der Waals surface area contributed by atoms with E-state index in [0.717, 1.165) is 50.9 Å². The molecule has 2 aromatic rings. The summed E-state index contributed by atoms with van der Waals surface area (Å²) >= 11 is 12.0. The van der Waals surface area contributed by atoms with E-state index in [1.165, 1.54) is 30.0 Å². The first-order chi connectivity index (χ1) is 20.7. The van der Waals surface area contributed by atoms with Crippen LogP contribution in [0.3, 0.4) is 0 Å². The molecule has 2 aromatic carbocycles. The van der Waals surface area contributed by atoms with Crippen LogP contribution in [0.4, 0.5) is 30.2 Å². The number of benzene rings is 2. The van der Waals surface area contributed by atoms with Gasteiger partial charge in [-0.3, -0.25) is 9.69 Å². The van der Waals surface area contributed by atoms with Crippen molar-refractivity contribution in [3.8, 4) is 6.07 Å². The molecule has 44 heavy (non-hydrogen) atoms. The number of alkyl halides is 3. The second-order valence-electron chi connectivity index (χ2n) is 11.4. The number of carboxylic acids is 1. The van der Waals surface area contributed by atoms with E-state index < -0.39 is 17.7 Å². The third kappa shape index (κ3) is 7.43. The number of nitrogens with one attached hydrogen (secondary N) is 1. The summed E-state index contributed by atoms with van der Waals surface area (Å²) in [7, 11) is 0. The number of aliphatic carboxylic acids is 1. The third-order valence-corrected chi connectivity index (χ3v) is 8.73. The fraction of sp³-hybridized carbons (Fsp3) is 0.467. The Labute approximate surface area is 264 Å². The Bertz CT molecular complexity index is 1420. The summed E-state index contributed by atoms with van der Waals surface area (Å²) in [5, 5.41) is 20.5. The van der Waals surface area contributed by atoms with Gasteiger partial charge in [-0.15, -0.1) is 0 Å². The molecule has 236 valence electrons. The first-order valence-corrected chi connectivity index (χ1v) is 15.0. The van der Waals surface area contributed by atoms with Crippen molar-refractivity contribution in [2.45, 2.75) is 38.4 Å². The van der Waals surface area contributed by atoms with E-state index in [4.69, 9.17) is 33.7 Å². The number of hydrogen-bond donors (Lipinski definition) is 2. The molecule has 0 spiro atoms. The summed E-state index contributed by atoms with van der Waals surface area (Å²) in [5.41, 5.74) is 2.15. The normalized spacial score (nSPS) is 19.4. The van der Waals surface area contributed by atoms with Gasteiger partial charge in [0.05, 0.1) is 16.3 Å². The Morgan fingerprint density at radius 1 is 1.07 bits per heavy atom. The number of amides is 1. The fourth-order valence-electron chi connectivity index (χ4n) is 5.64. The number of piperidine rings is 1. The molecule has 2 N–H and O–H groups in total. The average Bonchev–Trinajstić information content (AvgIpc) is 3.16. The maximum atomic E-state index is 13.4. The summed E-state index contributed by atoms with van der Waals surface area (Å²) in [5.74, 6) is -2.12. The number of hydrogen-bond acceptors (Lipinski definition) is 7. The quantitative estimate of drug-likeness (QED) is 0.438. The van der Waals surface area contributed by atoms with Gasteiger partial charge in [-0.1, -0.05) is 11.6 Å². The van der Waals surface area contributed by atoms with Crippen molar-refractivity contribution < 1.29 is 27.9 Å². The van der Waals surface area contributed by atoms with Gasteiger partial charge in [-0.25, -0.2) is 4.79 Å². The van der Waals surface area contributed by atoms with Crippen molar-refractivity contribution in [1.82, 2.24) is 10.2 Å². The Hall–Kier alpha value is -3.44. The van der Waals surface area contributed by atoms with Crippen molar-refractivity contribution >= 4 is 57.9 Å². The van der Waals surface area contributed by atoms with Crippen LogP contribution < -0.4 is 20.0 Å².